The fourth-order valence-corrected chi connectivity index (χ4v) is 1.85. The third kappa shape index (κ3) is 2.56. The molecule has 0 saturated carbocycles. The number of nitrogens with two attached hydrogens (primary N) is 1. The number of halogens is 1. The highest BCUT2D eigenvalue weighted by Crippen LogP contribution is 2.22. The van der Waals surface area contributed by atoms with Gasteiger partial charge in [-0.15, -0.1) is 0 Å². The van der Waals surface area contributed by atoms with E-state index < -0.39 is 5.97 Å². The largest absolute Gasteiger partial charge is 0.478 e. The van der Waals surface area contributed by atoms with Crippen molar-refractivity contribution >= 4 is 21.9 Å². The van der Waals surface area contributed by atoms with Gasteiger partial charge in [0.05, 0.1) is 5.56 Å². The molecule has 1 atom stereocenters. The van der Waals surface area contributed by atoms with Gasteiger partial charge in [-0.1, -0.05) is 12.1 Å². The van der Waals surface area contributed by atoms with E-state index in [1.165, 1.54) is 0 Å². The van der Waals surface area contributed by atoms with E-state index in [2.05, 4.69) is 15.9 Å². The molecule has 0 heterocycles. The number of hydrogen-bond acceptors (Lipinski definition) is 2. The van der Waals surface area contributed by atoms with E-state index in [0.717, 1.165) is 5.56 Å². The summed E-state index contributed by atoms with van der Waals surface area (Å²) in [5, 5.41) is 8.86. The average Bonchev–Trinajstić information content (AvgIpc) is 2.07. The van der Waals surface area contributed by atoms with Crippen LogP contribution in [0.25, 0.3) is 0 Å². The van der Waals surface area contributed by atoms with Crippen molar-refractivity contribution in [3.63, 3.8) is 0 Å². The molecule has 14 heavy (non-hydrogen) atoms. The minimum Gasteiger partial charge on any atom is -0.478 e. The van der Waals surface area contributed by atoms with Crippen molar-refractivity contribution in [3.8, 4) is 0 Å². The lowest BCUT2D eigenvalue weighted by Crippen LogP contribution is -2.18. The van der Waals surface area contributed by atoms with Crippen molar-refractivity contribution in [3.05, 3.63) is 33.8 Å². The summed E-state index contributed by atoms with van der Waals surface area (Å²) in [4.78, 5) is 10.8. The van der Waals surface area contributed by atoms with Gasteiger partial charge in [-0.25, -0.2) is 4.79 Å². The Morgan fingerprint density at radius 3 is 2.79 bits per heavy atom. The fourth-order valence-electron chi connectivity index (χ4n) is 1.25. The van der Waals surface area contributed by atoms with Crippen molar-refractivity contribution in [2.24, 2.45) is 5.73 Å². The maximum absolute atomic E-state index is 10.8. The zero-order chi connectivity index (χ0) is 10.7. The Hall–Kier alpha value is -0.870. The minimum absolute atomic E-state index is 0.0235. The van der Waals surface area contributed by atoms with E-state index in [9.17, 15) is 4.79 Å². The number of carboxylic acid groups (broad SMARTS) is 1. The Labute approximate surface area is 91.1 Å². The number of rotatable bonds is 3. The maximum atomic E-state index is 10.8. The van der Waals surface area contributed by atoms with Gasteiger partial charge in [0, 0.05) is 10.5 Å². The van der Waals surface area contributed by atoms with Gasteiger partial charge in [0.2, 0.25) is 0 Å². The zero-order valence-corrected chi connectivity index (χ0v) is 9.41. The van der Waals surface area contributed by atoms with Crippen molar-refractivity contribution in [1.82, 2.24) is 0 Å². The van der Waals surface area contributed by atoms with E-state index in [4.69, 9.17) is 10.8 Å². The predicted octanol–water partition coefficient (Wildman–Crippen LogP) is 2.04. The van der Waals surface area contributed by atoms with E-state index in [-0.39, 0.29) is 11.6 Å². The van der Waals surface area contributed by atoms with Crippen LogP contribution in [0.1, 0.15) is 22.8 Å². The molecule has 1 rings (SSSR count). The van der Waals surface area contributed by atoms with E-state index in [0.29, 0.717) is 10.9 Å². The lowest BCUT2D eigenvalue weighted by atomic mass is 10.0. The standard InChI is InChI=1S/C10H12BrNO2/c1-6(12)5-7-3-2-4-8(9(7)11)10(13)14/h2-4,6H,5,12H2,1H3,(H,13,14)/t6-/m0/s1. The van der Waals surface area contributed by atoms with Crippen molar-refractivity contribution in [2.75, 3.05) is 0 Å². The zero-order valence-electron chi connectivity index (χ0n) is 7.83. The fraction of sp³-hybridized carbons (Fsp3) is 0.300. The SMILES string of the molecule is C[C@H](N)Cc1cccc(C(=O)O)c1Br. The summed E-state index contributed by atoms with van der Waals surface area (Å²) in [5.41, 5.74) is 6.86. The van der Waals surface area contributed by atoms with Crippen LogP contribution in [0.3, 0.4) is 0 Å². The van der Waals surface area contributed by atoms with Crippen LogP contribution in [0.4, 0.5) is 0 Å². The summed E-state index contributed by atoms with van der Waals surface area (Å²) in [6.07, 6.45) is 0.668. The molecule has 76 valence electrons. The molecule has 0 aromatic heterocycles. The van der Waals surface area contributed by atoms with Gasteiger partial charge in [-0.2, -0.15) is 0 Å². The van der Waals surface area contributed by atoms with Crippen molar-refractivity contribution in [2.45, 2.75) is 19.4 Å². The number of benzene rings is 1. The molecule has 0 fully saturated rings. The molecule has 0 bridgehead atoms. The molecule has 3 nitrogen and oxygen atoms in total. The Kier molecular flexibility index (Phi) is 3.66. The molecule has 0 aliphatic carbocycles. The smallest absolute Gasteiger partial charge is 0.336 e. The molecule has 3 N–H and O–H groups in total. The third-order valence-electron chi connectivity index (χ3n) is 1.85. The average molecular weight is 258 g/mol. The van der Waals surface area contributed by atoms with Gasteiger partial charge in [-0.05, 0) is 40.9 Å². The second-order valence-electron chi connectivity index (χ2n) is 3.27. The first kappa shape index (κ1) is 11.2. The van der Waals surface area contributed by atoms with Gasteiger partial charge in [-0.3, -0.25) is 0 Å². The molecule has 0 radical (unpaired) electrons. The van der Waals surface area contributed by atoms with Crippen LogP contribution >= 0.6 is 15.9 Å². The molecule has 0 saturated heterocycles. The van der Waals surface area contributed by atoms with Crippen molar-refractivity contribution in [1.29, 1.82) is 0 Å². The molecule has 1 aromatic carbocycles. The summed E-state index contributed by atoms with van der Waals surface area (Å²) in [6.45, 7) is 1.89. The number of aromatic carboxylic acids is 1. The number of carbonyl (C=O) groups is 1. The van der Waals surface area contributed by atoms with E-state index in [1.54, 1.807) is 12.1 Å². The number of hydrogen-bond donors (Lipinski definition) is 2. The highest BCUT2D eigenvalue weighted by atomic mass is 79.9. The van der Waals surface area contributed by atoms with Crippen LogP contribution in [-0.4, -0.2) is 17.1 Å². The Morgan fingerprint density at radius 2 is 2.29 bits per heavy atom. The summed E-state index contributed by atoms with van der Waals surface area (Å²) in [7, 11) is 0. The topological polar surface area (TPSA) is 63.3 Å². The molecular weight excluding hydrogens is 246 g/mol. The van der Waals surface area contributed by atoms with Gasteiger partial charge < -0.3 is 10.8 Å². The summed E-state index contributed by atoms with van der Waals surface area (Å²) in [6, 6.07) is 5.19. The highest BCUT2D eigenvalue weighted by Gasteiger charge is 2.11. The monoisotopic (exact) mass is 257 g/mol. The second kappa shape index (κ2) is 4.57. The maximum Gasteiger partial charge on any atom is 0.336 e. The van der Waals surface area contributed by atoms with Crippen molar-refractivity contribution < 1.29 is 9.90 Å². The Bertz CT molecular complexity index is 350. The molecule has 0 unspecified atom stereocenters. The number of carboxylic acids is 1. The molecule has 0 aliphatic rings. The van der Waals surface area contributed by atoms with E-state index in [1.807, 2.05) is 13.0 Å². The molecule has 0 amide bonds. The predicted molar refractivity (Wildman–Crippen MR) is 58.5 cm³/mol. The van der Waals surface area contributed by atoms with Crippen LogP contribution < -0.4 is 5.73 Å². The minimum atomic E-state index is -0.927. The second-order valence-corrected chi connectivity index (χ2v) is 4.06. The quantitative estimate of drug-likeness (QED) is 0.871. The summed E-state index contributed by atoms with van der Waals surface area (Å²) < 4.78 is 0.629. The molecule has 1 aromatic rings. The van der Waals surface area contributed by atoms with Crippen LogP contribution in [0.15, 0.2) is 22.7 Å². The van der Waals surface area contributed by atoms with Gasteiger partial charge in [0.1, 0.15) is 0 Å². The van der Waals surface area contributed by atoms with Gasteiger partial charge in [0.15, 0.2) is 0 Å². The van der Waals surface area contributed by atoms with E-state index >= 15 is 0 Å². The van der Waals surface area contributed by atoms with Gasteiger partial charge in [0.25, 0.3) is 0 Å². The van der Waals surface area contributed by atoms with Crippen LogP contribution in [0, 0.1) is 0 Å². The Balaban J connectivity index is 3.07. The van der Waals surface area contributed by atoms with Crippen LogP contribution in [0.5, 0.6) is 0 Å². The summed E-state index contributed by atoms with van der Waals surface area (Å²) >= 11 is 3.27. The summed E-state index contributed by atoms with van der Waals surface area (Å²) in [5.74, 6) is -0.927. The molecule has 4 heteroatoms. The van der Waals surface area contributed by atoms with Crippen LogP contribution in [0.2, 0.25) is 0 Å². The normalized spacial score (nSPS) is 12.5. The van der Waals surface area contributed by atoms with Crippen LogP contribution in [-0.2, 0) is 6.42 Å². The third-order valence-corrected chi connectivity index (χ3v) is 2.79. The van der Waals surface area contributed by atoms with Gasteiger partial charge >= 0.3 is 5.97 Å². The lowest BCUT2D eigenvalue weighted by molar-refractivity contribution is 0.0695. The first-order chi connectivity index (χ1) is 6.52. The Morgan fingerprint density at radius 1 is 1.64 bits per heavy atom. The molecular formula is C10H12BrNO2. The molecule has 0 aliphatic heterocycles. The highest BCUT2D eigenvalue weighted by molar-refractivity contribution is 9.10. The lowest BCUT2D eigenvalue weighted by Gasteiger charge is -2.09. The first-order valence-electron chi connectivity index (χ1n) is 4.28. The molecule has 0 spiro atoms. The first-order valence-corrected chi connectivity index (χ1v) is 5.08.